The van der Waals surface area contributed by atoms with E-state index in [4.69, 9.17) is 11.6 Å². The first-order valence-corrected chi connectivity index (χ1v) is 9.60. The number of nitrogens with zero attached hydrogens (tertiary/aromatic N) is 1. The van der Waals surface area contributed by atoms with Gasteiger partial charge in [0.15, 0.2) is 0 Å². The molecular formula is C19H21ClN2O2S. The molecule has 25 heavy (non-hydrogen) atoms. The number of nitrogens with one attached hydrogen (secondary N) is 1. The molecule has 1 aliphatic rings. The number of halogens is 1. The van der Waals surface area contributed by atoms with Crippen LogP contribution in [0.5, 0.6) is 0 Å². The van der Waals surface area contributed by atoms with Gasteiger partial charge in [-0.2, -0.15) is 0 Å². The van der Waals surface area contributed by atoms with Gasteiger partial charge in [0.2, 0.25) is 0 Å². The molecule has 1 unspecified atom stereocenters. The summed E-state index contributed by atoms with van der Waals surface area (Å²) in [5.41, 5.74) is 1.32. The Labute approximate surface area is 156 Å². The van der Waals surface area contributed by atoms with E-state index in [1.165, 1.54) is 17.8 Å². The van der Waals surface area contributed by atoms with Gasteiger partial charge < -0.3 is 10.2 Å². The number of carbonyl (C=O) groups is 2. The lowest BCUT2D eigenvalue weighted by molar-refractivity contribution is 0.0687. The highest BCUT2D eigenvalue weighted by atomic mass is 35.5. The maximum atomic E-state index is 12.8. The Bertz CT molecular complexity index is 802. The van der Waals surface area contributed by atoms with Gasteiger partial charge in [0, 0.05) is 13.1 Å². The molecule has 0 bridgehead atoms. The van der Waals surface area contributed by atoms with E-state index in [0.717, 1.165) is 25.1 Å². The van der Waals surface area contributed by atoms with E-state index >= 15 is 0 Å². The smallest absolute Gasteiger partial charge is 0.264 e. The number of piperidine rings is 1. The number of carbonyl (C=O) groups excluding carboxylic acids is 2. The van der Waals surface area contributed by atoms with Crippen molar-refractivity contribution in [2.45, 2.75) is 26.7 Å². The fraction of sp³-hybridized carbons (Fsp3) is 0.368. The maximum absolute atomic E-state index is 12.8. The fourth-order valence-corrected chi connectivity index (χ4v) is 4.36. The second-order valence-corrected chi connectivity index (χ2v) is 8.01. The molecule has 0 radical (unpaired) electrons. The summed E-state index contributed by atoms with van der Waals surface area (Å²) in [5, 5.41) is 3.92. The first kappa shape index (κ1) is 18.0. The molecule has 1 atom stereocenters. The Morgan fingerprint density at radius 2 is 2.08 bits per heavy atom. The van der Waals surface area contributed by atoms with Crippen molar-refractivity contribution < 1.29 is 9.59 Å². The minimum absolute atomic E-state index is 0.0623. The van der Waals surface area contributed by atoms with E-state index in [-0.39, 0.29) is 11.8 Å². The Morgan fingerprint density at radius 3 is 2.80 bits per heavy atom. The summed E-state index contributed by atoms with van der Waals surface area (Å²) >= 11 is 7.39. The van der Waals surface area contributed by atoms with Crippen LogP contribution in [0.1, 0.15) is 45.4 Å². The summed E-state index contributed by atoms with van der Waals surface area (Å²) in [5.74, 6) is 0.335. The van der Waals surface area contributed by atoms with E-state index in [1.54, 1.807) is 24.3 Å². The molecule has 132 valence electrons. The third kappa shape index (κ3) is 4.05. The van der Waals surface area contributed by atoms with Crippen molar-refractivity contribution in [3.63, 3.8) is 0 Å². The normalized spacial score (nSPS) is 17.4. The summed E-state index contributed by atoms with van der Waals surface area (Å²) in [4.78, 5) is 27.8. The van der Waals surface area contributed by atoms with Gasteiger partial charge in [0.1, 0.15) is 0 Å². The third-order valence-corrected chi connectivity index (χ3v) is 5.88. The van der Waals surface area contributed by atoms with Crippen LogP contribution in [0.25, 0.3) is 0 Å². The number of hydrogen-bond donors (Lipinski definition) is 1. The van der Waals surface area contributed by atoms with E-state index in [2.05, 4.69) is 12.2 Å². The molecule has 0 aliphatic carbocycles. The van der Waals surface area contributed by atoms with Crippen LogP contribution < -0.4 is 5.32 Å². The summed E-state index contributed by atoms with van der Waals surface area (Å²) in [6, 6.07) is 8.76. The van der Waals surface area contributed by atoms with Crippen LogP contribution in [0.3, 0.4) is 0 Å². The number of benzene rings is 1. The van der Waals surface area contributed by atoms with Crippen molar-refractivity contribution in [1.29, 1.82) is 0 Å². The second kappa shape index (κ2) is 7.58. The molecule has 1 saturated heterocycles. The number of anilines is 1. The zero-order valence-corrected chi connectivity index (χ0v) is 15.9. The average molecular weight is 377 g/mol. The van der Waals surface area contributed by atoms with Crippen LogP contribution >= 0.6 is 22.9 Å². The average Bonchev–Trinajstić information content (AvgIpc) is 2.94. The molecule has 1 aromatic heterocycles. The summed E-state index contributed by atoms with van der Waals surface area (Å²) < 4.78 is 0. The molecule has 0 spiro atoms. The van der Waals surface area contributed by atoms with Gasteiger partial charge >= 0.3 is 0 Å². The molecule has 1 N–H and O–H groups in total. The van der Waals surface area contributed by atoms with Crippen molar-refractivity contribution in [3.8, 4) is 0 Å². The van der Waals surface area contributed by atoms with Crippen molar-refractivity contribution >= 4 is 39.8 Å². The van der Waals surface area contributed by atoms with E-state index in [1.807, 2.05) is 17.9 Å². The molecule has 0 saturated carbocycles. The van der Waals surface area contributed by atoms with Gasteiger partial charge in [0.05, 0.1) is 20.5 Å². The molecule has 4 nitrogen and oxygen atoms in total. The standard InChI is InChI=1S/C19H21ClN2O2S/c1-12-6-5-9-22(11-12)19(24)17-13(2)10-16(25-17)21-18(23)14-7-3-4-8-15(14)20/h3-4,7-8,10,12H,5-6,9,11H2,1-2H3,(H,21,23). The first-order chi connectivity index (χ1) is 12.0. The second-order valence-electron chi connectivity index (χ2n) is 6.56. The van der Waals surface area contributed by atoms with Crippen molar-refractivity contribution in [2.24, 2.45) is 5.92 Å². The summed E-state index contributed by atoms with van der Waals surface area (Å²) in [6.07, 6.45) is 2.22. The highest BCUT2D eigenvalue weighted by molar-refractivity contribution is 7.18. The fourth-order valence-electron chi connectivity index (χ4n) is 3.10. The molecule has 2 amide bonds. The van der Waals surface area contributed by atoms with Gasteiger partial charge in [0.25, 0.3) is 11.8 Å². The number of thiophene rings is 1. The molecular weight excluding hydrogens is 356 g/mol. The first-order valence-electron chi connectivity index (χ1n) is 8.41. The van der Waals surface area contributed by atoms with Crippen LogP contribution in [0, 0.1) is 12.8 Å². The Hall–Kier alpha value is -1.85. The van der Waals surface area contributed by atoms with Gasteiger partial charge in [-0.3, -0.25) is 9.59 Å². The molecule has 3 rings (SSSR count). The quantitative estimate of drug-likeness (QED) is 0.833. The van der Waals surface area contributed by atoms with Crippen LogP contribution in [0.15, 0.2) is 30.3 Å². The highest BCUT2D eigenvalue weighted by Gasteiger charge is 2.25. The Kier molecular flexibility index (Phi) is 5.45. The SMILES string of the molecule is Cc1cc(NC(=O)c2ccccc2Cl)sc1C(=O)N1CCCC(C)C1. The number of hydrogen-bond acceptors (Lipinski definition) is 3. The van der Waals surface area contributed by atoms with Crippen LogP contribution in [0.2, 0.25) is 5.02 Å². The molecule has 1 aromatic carbocycles. The van der Waals surface area contributed by atoms with Crippen LogP contribution in [-0.2, 0) is 0 Å². The number of rotatable bonds is 3. The molecule has 2 heterocycles. The van der Waals surface area contributed by atoms with Gasteiger partial charge in [-0.05, 0) is 49.4 Å². The number of likely N-dealkylation sites (tertiary alicyclic amines) is 1. The molecule has 1 aliphatic heterocycles. The van der Waals surface area contributed by atoms with Gasteiger partial charge in [-0.1, -0.05) is 30.7 Å². The Morgan fingerprint density at radius 1 is 1.32 bits per heavy atom. The highest BCUT2D eigenvalue weighted by Crippen LogP contribution is 2.30. The van der Waals surface area contributed by atoms with Gasteiger partial charge in [-0.25, -0.2) is 0 Å². The summed E-state index contributed by atoms with van der Waals surface area (Å²) in [7, 11) is 0. The predicted molar refractivity (Wildman–Crippen MR) is 103 cm³/mol. The molecule has 2 aromatic rings. The van der Waals surface area contributed by atoms with E-state index in [0.29, 0.717) is 26.4 Å². The number of amides is 2. The van der Waals surface area contributed by atoms with Crippen molar-refractivity contribution in [2.75, 3.05) is 18.4 Å². The Balaban J connectivity index is 1.75. The lowest BCUT2D eigenvalue weighted by atomic mass is 10.00. The van der Waals surface area contributed by atoms with E-state index < -0.39 is 0 Å². The van der Waals surface area contributed by atoms with Crippen molar-refractivity contribution in [1.82, 2.24) is 4.90 Å². The van der Waals surface area contributed by atoms with Crippen LogP contribution in [-0.4, -0.2) is 29.8 Å². The van der Waals surface area contributed by atoms with Crippen LogP contribution in [0.4, 0.5) is 5.00 Å². The van der Waals surface area contributed by atoms with E-state index in [9.17, 15) is 9.59 Å². The molecule has 6 heteroatoms. The lowest BCUT2D eigenvalue weighted by Crippen LogP contribution is -2.38. The number of aryl methyl sites for hydroxylation is 1. The monoisotopic (exact) mass is 376 g/mol. The summed E-state index contributed by atoms with van der Waals surface area (Å²) in [6.45, 7) is 5.69. The topological polar surface area (TPSA) is 49.4 Å². The van der Waals surface area contributed by atoms with Crippen molar-refractivity contribution in [3.05, 3.63) is 51.4 Å². The zero-order chi connectivity index (χ0) is 18.0. The minimum atomic E-state index is -0.266. The third-order valence-electron chi connectivity index (χ3n) is 4.41. The lowest BCUT2D eigenvalue weighted by Gasteiger charge is -2.30. The molecule has 1 fully saturated rings. The largest absolute Gasteiger partial charge is 0.338 e. The predicted octanol–water partition coefficient (Wildman–Crippen LogP) is 4.83. The minimum Gasteiger partial charge on any atom is -0.338 e. The van der Waals surface area contributed by atoms with Gasteiger partial charge in [-0.15, -0.1) is 11.3 Å². The zero-order valence-electron chi connectivity index (χ0n) is 14.3. The maximum Gasteiger partial charge on any atom is 0.264 e.